The molecule has 0 heterocycles. The Kier molecular flexibility index (Phi) is 4.86. The van der Waals surface area contributed by atoms with Gasteiger partial charge < -0.3 is 10.1 Å². The summed E-state index contributed by atoms with van der Waals surface area (Å²) in [5.74, 6) is 0.226. The van der Waals surface area contributed by atoms with Crippen molar-refractivity contribution in [2.24, 2.45) is 5.92 Å². The van der Waals surface area contributed by atoms with Crippen molar-refractivity contribution in [3.8, 4) is 0 Å². The number of hydrogen-bond donors (Lipinski definition) is 1. The molecule has 0 fully saturated rings. The van der Waals surface area contributed by atoms with E-state index in [4.69, 9.17) is 4.74 Å². The van der Waals surface area contributed by atoms with E-state index >= 15 is 0 Å². The van der Waals surface area contributed by atoms with Crippen LogP contribution in [0.1, 0.15) is 20.8 Å². The molecule has 11 heavy (non-hydrogen) atoms. The molecule has 1 unspecified atom stereocenters. The molecule has 0 aromatic heterocycles. The summed E-state index contributed by atoms with van der Waals surface area (Å²) in [5.41, 5.74) is 0. The van der Waals surface area contributed by atoms with E-state index in [-0.39, 0.29) is 12.0 Å². The van der Waals surface area contributed by atoms with E-state index in [0.717, 1.165) is 0 Å². The quantitative estimate of drug-likeness (QED) is 0.616. The van der Waals surface area contributed by atoms with Gasteiger partial charge in [-0.3, -0.25) is 4.79 Å². The van der Waals surface area contributed by atoms with Crippen molar-refractivity contribution in [3.05, 3.63) is 0 Å². The normalized spacial score (nSPS) is 13.2. The van der Waals surface area contributed by atoms with E-state index < -0.39 is 0 Å². The molecule has 0 aliphatic carbocycles. The van der Waals surface area contributed by atoms with Crippen LogP contribution in [0.25, 0.3) is 0 Å². The van der Waals surface area contributed by atoms with E-state index in [9.17, 15) is 4.79 Å². The predicted octanol–water partition coefficient (Wildman–Crippen LogP) is 0.793. The van der Waals surface area contributed by atoms with Crippen molar-refractivity contribution >= 4 is 5.97 Å². The highest BCUT2D eigenvalue weighted by atomic mass is 16.5. The summed E-state index contributed by atoms with van der Waals surface area (Å²) in [7, 11) is 1.74. The van der Waals surface area contributed by atoms with Crippen LogP contribution in [-0.4, -0.2) is 25.7 Å². The van der Waals surface area contributed by atoms with Crippen LogP contribution in [0, 0.1) is 5.92 Å². The Labute approximate surface area is 68.1 Å². The Bertz CT molecular complexity index is 123. The average Bonchev–Trinajstić information content (AvgIpc) is 1.98. The molecule has 0 saturated heterocycles. The van der Waals surface area contributed by atoms with E-state index in [1.165, 1.54) is 0 Å². The molecule has 0 radical (unpaired) electrons. The maximum Gasteiger partial charge on any atom is 0.322 e. The molecule has 0 amide bonds. The lowest BCUT2D eigenvalue weighted by Crippen LogP contribution is -2.33. The third-order valence-electron chi connectivity index (χ3n) is 1.35. The lowest BCUT2D eigenvalue weighted by molar-refractivity contribution is -0.146. The lowest BCUT2D eigenvalue weighted by atomic mass is 10.2. The monoisotopic (exact) mass is 159 g/mol. The number of carbonyl (C=O) groups excluding carboxylic acids is 1. The minimum atomic E-state index is -0.200. The zero-order valence-electron chi connectivity index (χ0n) is 7.68. The highest BCUT2D eigenvalue weighted by molar-refractivity contribution is 5.75. The molecule has 1 N–H and O–H groups in total. The van der Waals surface area contributed by atoms with Crippen LogP contribution in [0.15, 0.2) is 0 Å². The van der Waals surface area contributed by atoms with Gasteiger partial charge in [0.05, 0.1) is 6.61 Å². The Hall–Kier alpha value is -0.570. The van der Waals surface area contributed by atoms with Crippen LogP contribution in [0.2, 0.25) is 0 Å². The molecule has 0 rings (SSSR count). The number of esters is 1. The van der Waals surface area contributed by atoms with Crippen LogP contribution >= 0.6 is 0 Å². The molecule has 3 nitrogen and oxygen atoms in total. The highest BCUT2D eigenvalue weighted by Crippen LogP contribution is 1.94. The molecule has 3 heteroatoms. The standard InChI is InChI=1S/C8H17NO2/c1-6(2)5-11-8(10)7(3)9-4/h6-7,9H,5H2,1-4H3. The fraction of sp³-hybridized carbons (Fsp3) is 0.875. The molecule has 0 spiro atoms. The second-order valence-electron chi connectivity index (χ2n) is 3.03. The van der Waals surface area contributed by atoms with Gasteiger partial charge >= 0.3 is 5.97 Å². The van der Waals surface area contributed by atoms with Gasteiger partial charge in [0.2, 0.25) is 0 Å². The van der Waals surface area contributed by atoms with Crippen molar-refractivity contribution in [1.29, 1.82) is 0 Å². The van der Waals surface area contributed by atoms with E-state index in [2.05, 4.69) is 5.32 Å². The first kappa shape index (κ1) is 10.4. The number of carbonyl (C=O) groups is 1. The summed E-state index contributed by atoms with van der Waals surface area (Å²) in [4.78, 5) is 11.0. The Balaban J connectivity index is 3.52. The van der Waals surface area contributed by atoms with Gasteiger partial charge in [-0.15, -0.1) is 0 Å². The number of hydrogen-bond acceptors (Lipinski definition) is 3. The topological polar surface area (TPSA) is 38.3 Å². The fourth-order valence-corrected chi connectivity index (χ4v) is 0.492. The zero-order chi connectivity index (χ0) is 8.85. The fourth-order valence-electron chi connectivity index (χ4n) is 0.492. The third-order valence-corrected chi connectivity index (χ3v) is 1.35. The second-order valence-corrected chi connectivity index (χ2v) is 3.03. The molecule has 1 atom stereocenters. The van der Waals surface area contributed by atoms with E-state index in [1.54, 1.807) is 14.0 Å². The Morgan fingerprint density at radius 2 is 2.00 bits per heavy atom. The minimum absolute atomic E-state index is 0.179. The number of nitrogens with one attached hydrogen (secondary N) is 1. The Morgan fingerprint density at radius 3 is 2.36 bits per heavy atom. The molecule has 0 bridgehead atoms. The predicted molar refractivity (Wildman–Crippen MR) is 44.3 cm³/mol. The summed E-state index contributed by atoms with van der Waals surface area (Å²) in [6, 6.07) is -0.200. The third kappa shape index (κ3) is 4.79. The molecule has 66 valence electrons. The SMILES string of the molecule is CNC(C)C(=O)OCC(C)C. The van der Waals surface area contributed by atoms with Crippen LogP contribution in [0.4, 0.5) is 0 Å². The summed E-state index contributed by atoms with van der Waals surface area (Å²) in [6.45, 7) is 6.31. The summed E-state index contributed by atoms with van der Waals surface area (Å²) in [6.07, 6.45) is 0. The largest absolute Gasteiger partial charge is 0.464 e. The van der Waals surface area contributed by atoms with Gasteiger partial charge in [-0.05, 0) is 19.9 Å². The van der Waals surface area contributed by atoms with Gasteiger partial charge in [-0.2, -0.15) is 0 Å². The van der Waals surface area contributed by atoms with Gasteiger partial charge in [-0.25, -0.2) is 0 Å². The molecular weight excluding hydrogens is 142 g/mol. The van der Waals surface area contributed by atoms with Crippen LogP contribution in [-0.2, 0) is 9.53 Å². The minimum Gasteiger partial charge on any atom is -0.464 e. The van der Waals surface area contributed by atoms with Crippen molar-refractivity contribution in [1.82, 2.24) is 5.32 Å². The number of likely N-dealkylation sites (N-methyl/N-ethyl adjacent to an activating group) is 1. The molecular formula is C8H17NO2. The molecule has 0 saturated carbocycles. The van der Waals surface area contributed by atoms with Crippen molar-refractivity contribution in [2.75, 3.05) is 13.7 Å². The smallest absolute Gasteiger partial charge is 0.322 e. The van der Waals surface area contributed by atoms with Crippen molar-refractivity contribution < 1.29 is 9.53 Å². The van der Waals surface area contributed by atoms with Crippen LogP contribution in [0.5, 0.6) is 0 Å². The Morgan fingerprint density at radius 1 is 1.45 bits per heavy atom. The van der Waals surface area contributed by atoms with E-state index in [0.29, 0.717) is 12.5 Å². The number of ether oxygens (including phenoxy) is 1. The molecule has 0 aromatic carbocycles. The summed E-state index contributed by atoms with van der Waals surface area (Å²) < 4.78 is 4.95. The number of rotatable bonds is 4. The first-order valence-corrected chi connectivity index (χ1v) is 3.91. The van der Waals surface area contributed by atoms with Crippen LogP contribution < -0.4 is 5.32 Å². The van der Waals surface area contributed by atoms with Gasteiger partial charge in [-0.1, -0.05) is 13.8 Å². The average molecular weight is 159 g/mol. The molecule has 0 aromatic rings. The zero-order valence-corrected chi connectivity index (χ0v) is 7.68. The van der Waals surface area contributed by atoms with Gasteiger partial charge in [0, 0.05) is 0 Å². The molecule has 0 aliphatic heterocycles. The second kappa shape index (κ2) is 5.13. The maximum atomic E-state index is 11.0. The highest BCUT2D eigenvalue weighted by Gasteiger charge is 2.11. The first-order valence-electron chi connectivity index (χ1n) is 3.91. The van der Waals surface area contributed by atoms with E-state index in [1.807, 2.05) is 13.8 Å². The summed E-state index contributed by atoms with van der Waals surface area (Å²) >= 11 is 0. The van der Waals surface area contributed by atoms with Gasteiger partial charge in [0.25, 0.3) is 0 Å². The van der Waals surface area contributed by atoms with Gasteiger partial charge in [0.15, 0.2) is 0 Å². The lowest BCUT2D eigenvalue weighted by Gasteiger charge is -2.11. The molecule has 0 aliphatic rings. The van der Waals surface area contributed by atoms with Crippen LogP contribution in [0.3, 0.4) is 0 Å². The van der Waals surface area contributed by atoms with Gasteiger partial charge in [0.1, 0.15) is 6.04 Å². The maximum absolute atomic E-state index is 11.0. The first-order chi connectivity index (χ1) is 5.07. The van der Waals surface area contributed by atoms with Crippen molar-refractivity contribution in [2.45, 2.75) is 26.8 Å². The summed E-state index contributed by atoms with van der Waals surface area (Å²) in [5, 5.41) is 2.81. The van der Waals surface area contributed by atoms with Crippen molar-refractivity contribution in [3.63, 3.8) is 0 Å².